The molecule has 2 aromatic heterocycles. The van der Waals surface area contributed by atoms with Crippen LogP contribution in [0.25, 0.3) is 22.4 Å². The van der Waals surface area contributed by atoms with Gasteiger partial charge in [0.05, 0.1) is 16.6 Å². The standard InChI is InChI=1S/C23H23N3O3S/c1-16-8-10-17(11-9-16)21-24-18(14-29-21)15-30-23-25-20-7-4-3-6-19(20)22(27)26(23)12-5-13-28-2/h3-4,6-11,14H,5,12-13,15H2,1-2H3. The third kappa shape index (κ3) is 4.47. The second kappa shape index (κ2) is 9.28. The number of fused-ring (bicyclic) bond motifs is 1. The topological polar surface area (TPSA) is 70.2 Å². The van der Waals surface area contributed by atoms with Gasteiger partial charge in [-0.05, 0) is 37.6 Å². The Morgan fingerprint density at radius 3 is 2.70 bits per heavy atom. The molecule has 0 N–H and O–H groups in total. The normalized spacial score (nSPS) is 11.3. The van der Waals surface area contributed by atoms with Gasteiger partial charge in [0.1, 0.15) is 6.26 Å². The number of oxazole rings is 1. The molecule has 0 aliphatic rings. The third-order valence-corrected chi connectivity index (χ3v) is 5.77. The summed E-state index contributed by atoms with van der Waals surface area (Å²) in [5.74, 6) is 1.15. The zero-order valence-corrected chi connectivity index (χ0v) is 17.8. The van der Waals surface area contributed by atoms with Gasteiger partial charge in [-0.3, -0.25) is 9.36 Å². The molecule has 0 atom stereocenters. The van der Waals surface area contributed by atoms with Gasteiger partial charge in [-0.25, -0.2) is 9.97 Å². The highest BCUT2D eigenvalue weighted by Crippen LogP contribution is 2.25. The second-order valence-electron chi connectivity index (χ2n) is 7.01. The maximum absolute atomic E-state index is 13.0. The minimum atomic E-state index is -0.0281. The lowest BCUT2D eigenvalue weighted by Crippen LogP contribution is -2.24. The van der Waals surface area contributed by atoms with Gasteiger partial charge in [0.15, 0.2) is 5.16 Å². The van der Waals surface area contributed by atoms with Crippen molar-refractivity contribution in [2.45, 2.75) is 30.8 Å². The Hall–Kier alpha value is -2.90. The summed E-state index contributed by atoms with van der Waals surface area (Å²) in [5.41, 5.74) is 3.61. The van der Waals surface area contributed by atoms with Crippen molar-refractivity contribution in [1.82, 2.24) is 14.5 Å². The van der Waals surface area contributed by atoms with E-state index in [1.165, 1.54) is 17.3 Å². The third-order valence-electron chi connectivity index (χ3n) is 4.76. The zero-order valence-electron chi connectivity index (χ0n) is 17.0. The SMILES string of the molecule is COCCCn1c(SCc2coc(-c3ccc(C)cc3)n2)nc2ccccc2c1=O. The highest BCUT2D eigenvalue weighted by Gasteiger charge is 2.13. The Morgan fingerprint density at radius 2 is 1.90 bits per heavy atom. The maximum Gasteiger partial charge on any atom is 0.262 e. The van der Waals surface area contributed by atoms with Gasteiger partial charge in [-0.1, -0.05) is 41.6 Å². The number of aromatic nitrogens is 3. The molecule has 0 unspecified atom stereocenters. The Labute approximate surface area is 178 Å². The molecule has 6 nitrogen and oxygen atoms in total. The van der Waals surface area contributed by atoms with Crippen molar-refractivity contribution in [2.24, 2.45) is 0 Å². The van der Waals surface area contributed by atoms with Crippen LogP contribution in [0.5, 0.6) is 0 Å². The summed E-state index contributed by atoms with van der Waals surface area (Å²) >= 11 is 1.49. The number of ether oxygens (including phenoxy) is 1. The monoisotopic (exact) mass is 421 g/mol. The number of methoxy groups -OCH3 is 1. The lowest BCUT2D eigenvalue weighted by Gasteiger charge is -2.12. The van der Waals surface area contributed by atoms with Crippen LogP contribution in [0.1, 0.15) is 17.7 Å². The van der Waals surface area contributed by atoms with Crippen molar-refractivity contribution >= 4 is 22.7 Å². The average molecular weight is 422 g/mol. The molecule has 2 aromatic carbocycles. The molecule has 4 aromatic rings. The number of hydrogen-bond acceptors (Lipinski definition) is 6. The number of thioether (sulfide) groups is 1. The maximum atomic E-state index is 13.0. The van der Waals surface area contributed by atoms with Crippen molar-refractivity contribution in [3.05, 3.63) is 76.4 Å². The van der Waals surface area contributed by atoms with Crippen LogP contribution in [0.2, 0.25) is 0 Å². The van der Waals surface area contributed by atoms with Crippen molar-refractivity contribution < 1.29 is 9.15 Å². The molecule has 30 heavy (non-hydrogen) atoms. The fourth-order valence-electron chi connectivity index (χ4n) is 3.16. The van der Waals surface area contributed by atoms with Crippen LogP contribution in [0.3, 0.4) is 0 Å². The molecule has 0 saturated carbocycles. The van der Waals surface area contributed by atoms with Crippen molar-refractivity contribution in [3.63, 3.8) is 0 Å². The first kappa shape index (κ1) is 20.4. The smallest absolute Gasteiger partial charge is 0.262 e. The molecule has 0 saturated heterocycles. The Bertz CT molecular complexity index is 1200. The zero-order chi connectivity index (χ0) is 20.9. The van der Waals surface area contributed by atoms with Crippen LogP contribution in [-0.4, -0.2) is 28.3 Å². The molecule has 2 heterocycles. The molecule has 0 bridgehead atoms. The molecule has 154 valence electrons. The van der Waals surface area contributed by atoms with Crippen molar-refractivity contribution in [3.8, 4) is 11.5 Å². The minimum absolute atomic E-state index is 0.0281. The Morgan fingerprint density at radius 1 is 1.10 bits per heavy atom. The minimum Gasteiger partial charge on any atom is -0.444 e. The van der Waals surface area contributed by atoms with Gasteiger partial charge >= 0.3 is 0 Å². The lowest BCUT2D eigenvalue weighted by atomic mass is 10.1. The quantitative estimate of drug-likeness (QED) is 0.234. The molecule has 0 fully saturated rings. The summed E-state index contributed by atoms with van der Waals surface area (Å²) in [6.07, 6.45) is 2.40. The number of para-hydroxylation sites is 1. The van der Waals surface area contributed by atoms with E-state index in [1.54, 1.807) is 17.9 Å². The first-order valence-electron chi connectivity index (χ1n) is 9.78. The number of nitrogens with zero attached hydrogens (tertiary/aromatic N) is 3. The lowest BCUT2D eigenvalue weighted by molar-refractivity contribution is 0.189. The average Bonchev–Trinajstić information content (AvgIpc) is 3.24. The first-order chi connectivity index (χ1) is 14.7. The van der Waals surface area contributed by atoms with E-state index in [1.807, 2.05) is 55.5 Å². The van der Waals surface area contributed by atoms with Gasteiger partial charge in [0, 0.05) is 31.6 Å². The first-order valence-corrected chi connectivity index (χ1v) is 10.8. The Kier molecular flexibility index (Phi) is 6.30. The summed E-state index contributed by atoms with van der Waals surface area (Å²) < 4.78 is 12.5. The molecule has 7 heteroatoms. The van der Waals surface area contributed by atoms with E-state index in [0.717, 1.165) is 17.7 Å². The van der Waals surface area contributed by atoms with E-state index in [2.05, 4.69) is 4.98 Å². The summed E-state index contributed by atoms with van der Waals surface area (Å²) in [6.45, 7) is 3.19. The fourth-order valence-corrected chi connectivity index (χ4v) is 4.07. The van der Waals surface area contributed by atoms with Crippen LogP contribution in [-0.2, 0) is 17.0 Å². The fraction of sp³-hybridized carbons (Fsp3) is 0.261. The number of benzene rings is 2. The Balaban J connectivity index is 1.58. The van der Waals surface area contributed by atoms with E-state index in [9.17, 15) is 4.79 Å². The molecular weight excluding hydrogens is 398 g/mol. The second-order valence-corrected chi connectivity index (χ2v) is 7.96. The van der Waals surface area contributed by atoms with E-state index < -0.39 is 0 Å². The van der Waals surface area contributed by atoms with Gasteiger partial charge in [-0.2, -0.15) is 0 Å². The van der Waals surface area contributed by atoms with E-state index in [4.69, 9.17) is 14.1 Å². The van der Waals surface area contributed by atoms with Gasteiger partial charge in [-0.15, -0.1) is 0 Å². The molecule has 0 aliphatic heterocycles. The van der Waals surface area contributed by atoms with Crippen LogP contribution in [0, 0.1) is 6.92 Å². The summed E-state index contributed by atoms with van der Waals surface area (Å²) in [4.78, 5) is 22.3. The molecule has 0 aliphatic carbocycles. The van der Waals surface area contributed by atoms with Gasteiger partial charge in [0.2, 0.25) is 5.89 Å². The summed E-state index contributed by atoms with van der Waals surface area (Å²) in [6, 6.07) is 15.5. The molecule has 0 amide bonds. The number of hydrogen-bond donors (Lipinski definition) is 0. The van der Waals surface area contributed by atoms with Gasteiger partial charge in [0.25, 0.3) is 5.56 Å². The highest BCUT2D eigenvalue weighted by atomic mass is 32.2. The largest absolute Gasteiger partial charge is 0.444 e. The van der Waals surface area contributed by atoms with E-state index in [0.29, 0.717) is 40.9 Å². The molecule has 0 spiro atoms. The van der Waals surface area contributed by atoms with Crippen molar-refractivity contribution in [2.75, 3.05) is 13.7 Å². The van der Waals surface area contributed by atoms with E-state index in [-0.39, 0.29) is 5.56 Å². The summed E-state index contributed by atoms with van der Waals surface area (Å²) in [7, 11) is 1.66. The summed E-state index contributed by atoms with van der Waals surface area (Å²) in [5, 5.41) is 1.30. The van der Waals surface area contributed by atoms with Crippen LogP contribution in [0.4, 0.5) is 0 Å². The number of aryl methyl sites for hydroxylation is 1. The number of rotatable bonds is 8. The van der Waals surface area contributed by atoms with Gasteiger partial charge < -0.3 is 9.15 Å². The van der Waals surface area contributed by atoms with Crippen LogP contribution < -0.4 is 5.56 Å². The predicted octanol–water partition coefficient (Wildman–Crippen LogP) is 4.69. The predicted molar refractivity (Wildman–Crippen MR) is 119 cm³/mol. The highest BCUT2D eigenvalue weighted by molar-refractivity contribution is 7.98. The molecular formula is C23H23N3O3S. The van der Waals surface area contributed by atoms with Crippen LogP contribution in [0.15, 0.2) is 69.2 Å². The van der Waals surface area contributed by atoms with Crippen LogP contribution >= 0.6 is 11.8 Å². The van der Waals surface area contributed by atoms with Crippen molar-refractivity contribution in [1.29, 1.82) is 0 Å². The molecule has 0 radical (unpaired) electrons. The molecule has 4 rings (SSSR count). The van der Waals surface area contributed by atoms with E-state index >= 15 is 0 Å².